The zero-order chi connectivity index (χ0) is 16.4. The third-order valence-corrected chi connectivity index (χ3v) is 4.89. The van der Waals surface area contributed by atoms with Gasteiger partial charge in [0, 0.05) is 22.8 Å². The van der Waals surface area contributed by atoms with Crippen LogP contribution < -0.4 is 10.6 Å². The Kier molecular flexibility index (Phi) is 3.84. The Morgan fingerprint density at radius 1 is 1.04 bits per heavy atom. The average molecular weight is 333 g/mol. The molecule has 2 aromatic heterocycles. The zero-order valence-corrected chi connectivity index (χ0v) is 13.6. The largest absolute Gasteiger partial charge is 0.334 e. The van der Waals surface area contributed by atoms with Gasteiger partial charge in [-0.2, -0.15) is 0 Å². The molecule has 0 aliphatic heterocycles. The second-order valence-electron chi connectivity index (χ2n) is 5.45. The summed E-state index contributed by atoms with van der Waals surface area (Å²) in [5.41, 5.74) is 2.62. The van der Waals surface area contributed by atoms with Gasteiger partial charge in [0.2, 0.25) is 0 Å². The lowest BCUT2D eigenvalue weighted by Crippen LogP contribution is -2.28. The van der Waals surface area contributed by atoms with E-state index in [1.54, 1.807) is 17.5 Å². The van der Waals surface area contributed by atoms with Crippen molar-refractivity contribution in [2.75, 3.05) is 5.32 Å². The minimum absolute atomic E-state index is 0.233. The number of pyridine rings is 1. The van der Waals surface area contributed by atoms with Crippen LogP contribution in [0.5, 0.6) is 0 Å². The van der Waals surface area contributed by atoms with E-state index >= 15 is 0 Å². The van der Waals surface area contributed by atoms with Gasteiger partial charge in [0.25, 0.3) is 0 Å². The summed E-state index contributed by atoms with van der Waals surface area (Å²) in [7, 11) is 0. The molecule has 0 atom stereocenters. The van der Waals surface area contributed by atoms with Crippen LogP contribution in [-0.2, 0) is 6.54 Å². The second kappa shape index (κ2) is 6.29. The molecule has 0 unspecified atom stereocenters. The Balaban J connectivity index is 1.48. The normalized spacial score (nSPS) is 10.8. The summed E-state index contributed by atoms with van der Waals surface area (Å²) in [6, 6.07) is 17.6. The molecule has 0 radical (unpaired) electrons. The third-order valence-electron chi connectivity index (χ3n) is 3.88. The lowest BCUT2D eigenvalue weighted by molar-refractivity contribution is 0.252. The third kappa shape index (κ3) is 2.81. The number of fused-ring (bicyclic) bond motifs is 2. The van der Waals surface area contributed by atoms with Crippen LogP contribution in [0, 0.1) is 0 Å². The number of benzene rings is 2. The Morgan fingerprint density at radius 3 is 2.88 bits per heavy atom. The number of aromatic nitrogens is 1. The summed E-state index contributed by atoms with van der Waals surface area (Å²) in [5, 5.41) is 10.1. The van der Waals surface area contributed by atoms with Crippen molar-refractivity contribution in [1.82, 2.24) is 10.3 Å². The van der Waals surface area contributed by atoms with E-state index in [9.17, 15) is 4.79 Å². The number of amides is 2. The molecule has 24 heavy (non-hydrogen) atoms. The summed E-state index contributed by atoms with van der Waals surface area (Å²) in [4.78, 5) is 16.6. The van der Waals surface area contributed by atoms with Gasteiger partial charge in [0.15, 0.2) is 0 Å². The van der Waals surface area contributed by atoms with Crippen LogP contribution in [0.3, 0.4) is 0 Å². The van der Waals surface area contributed by atoms with Gasteiger partial charge >= 0.3 is 6.03 Å². The Hall–Kier alpha value is -2.92. The molecule has 4 aromatic rings. The van der Waals surface area contributed by atoms with Crippen molar-refractivity contribution in [2.24, 2.45) is 0 Å². The fourth-order valence-electron chi connectivity index (χ4n) is 2.72. The summed E-state index contributed by atoms with van der Waals surface area (Å²) in [6.45, 7) is 0.494. The highest BCUT2D eigenvalue weighted by atomic mass is 32.1. The molecule has 2 aromatic carbocycles. The van der Waals surface area contributed by atoms with Gasteiger partial charge in [-0.15, -0.1) is 11.3 Å². The van der Waals surface area contributed by atoms with E-state index in [1.807, 2.05) is 42.5 Å². The van der Waals surface area contributed by atoms with Crippen molar-refractivity contribution in [3.63, 3.8) is 0 Å². The summed E-state index contributed by atoms with van der Waals surface area (Å²) in [6.07, 6.45) is 1.73. The molecule has 4 nitrogen and oxygen atoms in total. The molecule has 0 aliphatic carbocycles. The number of hydrogen-bond donors (Lipinski definition) is 2. The van der Waals surface area contributed by atoms with E-state index < -0.39 is 0 Å². The average Bonchev–Trinajstić information content (AvgIpc) is 3.04. The molecule has 2 heterocycles. The first-order valence-corrected chi connectivity index (χ1v) is 8.53. The quantitative estimate of drug-likeness (QED) is 0.567. The fraction of sp³-hybridized carbons (Fsp3) is 0.0526. The Morgan fingerprint density at radius 2 is 1.92 bits per heavy atom. The lowest BCUT2D eigenvalue weighted by atomic mass is 10.2. The minimum atomic E-state index is -0.233. The standard InChI is InChI=1S/C19H15N3OS/c23-19(21-11-14-12-24-17-9-2-1-7-15(14)17)22-16-8-3-5-13-6-4-10-20-18(13)16/h1-10,12H,11H2,(H2,21,22,23). The molecule has 5 heteroatoms. The van der Waals surface area contributed by atoms with E-state index in [1.165, 1.54) is 10.1 Å². The van der Waals surface area contributed by atoms with Crippen LogP contribution in [0.4, 0.5) is 10.5 Å². The van der Waals surface area contributed by atoms with Crippen molar-refractivity contribution in [1.29, 1.82) is 0 Å². The molecule has 0 spiro atoms. The number of carbonyl (C=O) groups is 1. The molecule has 0 bridgehead atoms. The van der Waals surface area contributed by atoms with E-state index in [0.717, 1.165) is 16.5 Å². The molecule has 4 rings (SSSR count). The molecular formula is C19H15N3OS. The number of nitrogens with one attached hydrogen (secondary N) is 2. The summed E-state index contributed by atoms with van der Waals surface area (Å²) < 4.78 is 1.23. The van der Waals surface area contributed by atoms with Crippen LogP contribution in [0.15, 0.2) is 66.2 Å². The van der Waals surface area contributed by atoms with E-state index in [4.69, 9.17) is 0 Å². The molecule has 0 aliphatic rings. The number of carbonyl (C=O) groups excluding carboxylic acids is 1. The van der Waals surface area contributed by atoms with Crippen LogP contribution in [0.2, 0.25) is 0 Å². The lowest BCUT2D eigenvalue weighted by Gasteiger charge is -2.09. The summed E-state index contributed by atoms with van der Waals surface area (Å²) >= 11 is 1.69. The molecule has 2 N–H and O–H groups in total. The predicted octanol–water partition coefficient (Wildman–Crippen LogP) is 4.77. The maximum atomic E-state index is 12.2. The van der Waals surface area contributed by atoms with Gasteiger partial charge in [-0.1, -0.05) is 36.4 Å². The van der Waals surface area contributed by atoms with Crippen LogP contribution >= 0.6 is 11.3 Å². The highest BCUT2D eigenvalue weighted by Gasteiger charge is 2.08. The molecule has 0 fully saturated rings. The van der Waals surface area contributed by atoms with Crippen molar-refractivity contribution < 1.29 is 4.79 Å². The maximum absolute atomic E-state index is 12.2. The molecule has 0 saturated heterocycles. The number of anilines is 1. The first-order valence-electron chi connectivity index (χ1n) is 7.65. The summed E-state index contributed by atoms with van der Waals surface area (Å²) in [5.74, 6) is 0. The molecular weight excluding hydrogens is 318 g/mol. The fourth-order valence-corrected chi connectivity index (χ4v) is 3.68. The number of nitrogens with zero attached hydrogens (tertiary/aromatic N) is 1. The van der Waals surface area contributed by atoms with Gasteiger partial charge in [-0.3, -0.25) is 4.98 Å². The molecule has 118 valence electrons. The van der Waals surface area contributed by atoms with Crippen molar-refractivity contribution in [3.8, 4) is 0 Å². The highest BCUT2D eigenvalue weighted by molar-refractivity contribution is 7.17. The van der Waals surface area contributed by atoms with Crippen LogP contribution in [-0.4, -0.2) is 11.0 Å². The van der Waals surface area contributed by atoms with Crippen molar-refractivity contribution in [2.45, 2.75) is 6.54 Å². The molecule has 0 saturated carbocycles. The van der Waals surface area contributed by atoms with Gasteiger partial charge in [0.05, 0.1) is 11.2 Å². The smallest absolute Gasteiger partial charge is 0.319 e. The van der Waals surface area contributed by atoms with Crippen molar-refractivity contribution >= 4 is 44.0 Å². The first kappa shape index (κ1) is 14.7. The number of thiophene rings is 1. The highest BCUT2D eigenvalue weighted by Crippen LogP contribution is 2.25. The van der Waals surface area contributed by atoms with Gasteiger partial charge in [0.1, 0.15) is 0 Å². The minimum Gasteiger partial charge on any atom is -0.334 e. The van der Waals surface area contributed by atoms with Gasteiger partial charge in [-0.25, -0.2) is 4.79 Å². The Bertz CT molecular complexity index is 1020. The van der Waals surface area contributed by atoms with Crippen molar-refractivity contribution in [3.05, 3.63) is 71.7 Å². The maximum Gasteiger partial charge on any atom is 0.319 e. The number of hydrogen-bond acceptors (Lipinski definition) is 3. The van der Waals surface area contributed by atoms with E-state index in [-0.39, 0.29) is 6.03 Å². The number of urea groups is 1. The SMILES string of the molecule is O=C(NCc1csc2ccccc12)Nc1cccc2cccnc12. The number of para-hydroxylation sites is 1. The second-order valence-corrected chi connectivity index (χ2v) is 6.36. The first-order chi connectivity index (χ1) is 11.8. The van der Waals surface area contributed by atoms with Crippen LogP contribution in [0.1, 0.15) is 5.56 Å². The van der Waals surface area contributed by atoms with E-state index in [2.05, 4.69) is 33.1 Å². The topological polar surface area (TPSA) is 54.0 Å². The van der Waals surface area contributed by atoms with Crippen LogP contribution in [0.25, 0.3) is 21.0 Å². The van der Waals surface area contributed by atoms with Gasteiger partial charge in [-0.05, 0) is 34.5 Å². The zero-order valence-electron chi connectivity index (χ0n) is 12.8. The Labute approximate surface area is 143 Å². The van der Waals surface area contributed by atoms with E-state index in [0.29, 0.717) is 12.2 Å². The monoisotopic (exact) mass is 333 g/mol. The predicted molar refractivity (Wildman–Crippen MR) is 99.4 cm³/mol. The van der Waals surface area contributed by atoms with Gasteiger partial charge < -0.3 is 10.6 Å². The number of rotatable bonds is 3. The molecule has 2 amide bonds.